The maximum absolute atomic E-state index is 8.50. The van der Waals surface area contributed by atoms with E-state index < -0.39 is 0 Å². The van der Waals surface area contributed by atoms with E-state index in [2.05, 4.69) is 0 Å². The SMILES string of the molecule is N#CCOc1ccccc1CC#N. The summed E-state index contributed by atoms with van der Waals surface area (Å²) >= 11 is 0. The van der Waals surface area contributed by atoms with Crippen molar-refractivity contribution < 1.29 is 4.74 Å². The molecule has 0 saturated heterocycles. The molecule has 0 aliphatic heterocycles. The van der Waals surface area contributed by atoms with Crippen LogP contribution in [0.1, 0.15) is 5.56 Å². The molecule has 1 aromatic rings. The van der Waals surface area contributed by atoms with E-state index in [4.69, 9.17) is 15.3 Å². The van der Waals surface area contributed by atoms with Crippen LogP contribution in [0.5, 0.6) is 5.75 Å². The van der Waals surface area contributed by atoms with Crippen LogP contribution in [0.25, 0.3) is 0 Å². The summed E-state index contributed by atoms with van der Waals surface area (Å²) in [5.41, 5.74) is 0.820. The second-order valence-corrected chi connectivity index (χ2v) is 2.39. The third kappa shape index (κ3) is 2.50. The van der Waals surface area contributed by atoms with Crippen molar-refractivity contribution in [2.24, 2.45) is 0 Å². The van der Waals surface area contributed by atoms with E-state index in [-0.39, 0.29) is 6.61 Å². The van der Waals surface area contributed by atoms with Crippen molar-refractivity contribution in [2.75, 3.05) is 6.61 Å². The molecule has 0 N–H and O–H groups in total. The minimum atomic E-state index is 0.0163. The molecule has 0 heterocycles. The number of para-hydroxylation sites is 1. The molecule has 0 fully saturated rings. The van der Waals surface area contributed by atoms with E-state index in [9.17, 15) is 0 Å². The summed E-state index contributed by atoms with van der Waals surface area (Å²) in [5.74, 6) is 0.616. The van der Waals surface area contributed by atoms with Gasteiger partial charge in [0, 0.05) is 5.56 Å². The Morgan fingerprint density at radius 3 is 2.62 bits per heavy atom. The zero-order valence-corrected chi connectivity index (χ0v) is 7.03. The quantitative estimate of drug-likeness (QED) is 0.696. The van der Waals surface area contributed by atoms with E-state index in [1.165, 1.54) is 0 Å². The van der Waals surface area contributed by atoms with E-state index in [1.807, 2.05) is 30.3 Å². The molecule has 0 unspecified atom stereocenters. The van der Waals surface area contributed by atoms with Crippen molar-refractivity contribution in [2.45, 2.75) is 6.42 Å². The van der Waals surface area contributed by atoms with Gasteiger partial charge in [-0.15, -0.1) is 0 Å². The number of hydrogen-bond donors (Lipinski definition) is 0. The fourth-order valence-electron chi connectivity index (χ4n) is 0.986. The normalized spacial score (nSPS) is 8.46. The lowest BCUT2D eigenvalue weighted by atomic mass is 10.1. The van der Waals surface area contributed by atoms with Crippen molar-refractivity contribution in [3.8, 4) is 17.9 Å². The van der Waals surface area contributed by atoms with Crippen LogP contribution in [0.15, 0.2) is 24.3 Å². The van der Waals surface area contributed by atoms with Gasteiger partial charge in [0.05, 0.1) is 12.5 Å². The highest BCUT2D eigenvalue weighted by Gasteiger charge is 2.00. The first-order chi connectivity index (χ1) is 6.38. The molecule has 0 saturated carbocycles. The first-order valence-electron chi connectivity index (χ1n) is 3.83. The average molecular weight is 172 g/mol. The Morgan fingerprint density at radius 1 is 1.15 bits per heavy atom. The minimum Gasteiger partial charge on any atom is -0.478 e. The van der Waals surface area contributed by atoms with Crippen molar-refractivity contribution in [1.82, 2.24) is 0 Å². The van der Waals surface area contributed by atoms with Gasteiger partial charge in [0.2, 0.25) is 0 Å². The number of benzene rings is 1. The van der Waals surface area contributed by atoms with Crippen LogP contribution in [-0.2, 0) is 6.42 Å². The molecule has 0 radical (unpaired) electrons. The van der Waals surface area contributed by atoms with Gasteiger partial charge in [-0.1, -0.05) is 18.2 Å². The van der Waals surface area contributed by atoms with Gasteiger partial charge in [-0.2, -0.15) is 10.5 Å². The molecule has 0 aliphatic rings. The minimum absolute atomic E-state index is 0.0163. The predicted molar refractivity (Wildman–Crippen MR) is 46.9 cm³/mol. The molecular formula is C10H8N2O. The lowest BCUT2D eigenvalue weighted by Gasteiger charge is -2.04. The van der Waals surface area contributed by atoms with Crippen LogP contribution in [-0.4, -0.2) is 6.61 Å². The Labute approximate surface area is 76.8 Å². The topological polar surface area (TPSA) is 56.8 Å². The largest absolute Gasteiger partial charge is 0.478 e. The zero-order chi connectivity index (χ0) is 9.52. The van der Waals surface area contributed by atoms with Crippen LogP contribution in [0.3, 0.4) is 0 Å². The van der Waals surface area contributed by atoms with Gasteiger partial charge < -0.3 is 4.74 Å². The maximum Gasteiger partial charge on any atom is 0.174 e. The van der Waals surface area contributed by atoms with Crippen molar-refractivity contribution in [3.05, 3.63) is 29.8 Å². The lowest BCUT2D eigenvalue weighted by molar-refractivity contribution is 0.365. The summed E-state index contributed by atoms with van der Waals surface area (Å²) in [6, 6.07) is 11.1. The van der Waals surface area contributed by atoms with Crippen LogP contribution >= 0.6 is 0 Å². The van der Waals surface area contributed by atoms with Gasteiger partial charge in [-0.05, 0) is 6.07 Å². The van der Waals surface area contributed by atoms with E-state index in [0.717, 1.165) is 5.56 Å². The molecule has 0 aromatic heterocycles. The van der Waals surface area contributed by atoms with Gasteiger partial charge >= 0.3 is 0 Å². The molecule has 64 valence electrons. The summed E-state index contributed by atoms with van der Waals surface area (Å²) in [4.78, 5) is 0. The Balaban J connectivity index is 2.80. The van der Waals surface area contributed by atoms with E-state index in [1.54, 1.807) is 6.07 Å². The number of hydrogen-bond acceptors (Lipinski definition) is 3. The van der Waals surface area contributed by atoms with Crippen LogP contribution in [0, 0.1) is 22.7 Å². The molecule has 0 bridgehead atoms. The lowest BCUT2D eigenvalue weighted by Crippen LogP contribution is -1.96. The highest BCUT2D eigenvalue weighted by molar-refractivity contribution is 5.35. The van der Waals surface area contributed by atoms with Crippen molar-refractivity contribution in [1.29, 1.82) is 10.5 Å². The molecule has 13 heavy (non-hydrogen) atoms. The van der Waals surface area contributed by atoms with E-state index >= 15 is 0 Å². The van der Waals surface area contributed by atoms with Gasteiger partial charge in [0.15, 0.2) is 6.61 Å². The van der Waals surface area contributed by atoms with E-state index in [0.29, 0.717) is 12.2 Å². The highest BCUT2D eigenvalue weighted by Crippen LogP contribution is 2.17. The molecule has 3 nitrogen and oxygen atoms in total. The van der Waals surface area contributed by atoms with Gasteiger partial charge in [-0.25, -0.2) is 0 Å². The molecule has 3 heteroatoms. The van der Waals surface area contributed by atoms with Gasteiger partial charge in [0.25, 0.3) is 0 Å². The Bertz CT molecular complexity index is 360. The molecule has 1 aromatic carbocycles. The van der Waals surface area contributed by atoms with Crippen molar-refractivity contribution >= 4 is 0 Å². The monoisotopic (exact) mass is 172 g/mol. The number of nitriles is 2. The smallest absolute Gasteiger partial charge is 0.174 e. The van der Waals surface area contributed by atoms with Crippen LogP contribution < -0.4 is 4.74 Å². The molecule has 0 aliphatic carbocycles. The number of nitrogens with zero attached hydrogens (tertiary/aromatic N) is 2. The maximum atomic E-state index is 8.50. The molecule has 1 rings (SSSR count). The zero-order valence-electron chi connectivity index (χ0n) is 7.03. The second-order valence-electron chi connectivity index (χ2n) is 2.39. The van der Waals surface area contributed by atoms with Gasteiger partial charge in [-0.3, -0.25) is 0 Å². The fourth-order valence-corrected chi connectivity index (χ4v) is 0.986. The molecular weight excluding hydrogens is 164 g/mol. The second kappa shape index (κ2) is 4.79. The summed E-state index contributed by atoms with van der Waals surface area (Å²) < 4.78 is 5.13. The first kappa shape index (κ1) is 9.09. The van der Waals surface area contributed by atoms with Gasteiger partial charge in [0.1, 0.15) is 11.8 Å². The Kier molecular flexibility index (Phi) is 3.35. The Morgan fingerprint density at radius 2 is 1.92 bits per heavy atom. The van der Waals surface area contributed by atoms with Crippen molar-refractivity contribution in [3.63, 3.8) is 0 Å². The summed E-state index contributed by atoms with van der Waals surface area (Å²) in [7, 11) is 0. The predicted octanol–water partition coefficient (Wildman–Crippen LogP) is 1.66. The van der Waals surface area contributed by atoms with Crippen LogP contribution in [0.4, 0.5) is 0 Å². The number of rotatable bonds is 3. The average Bonchev–Trinajstić information content (AvgIpc) is 2.17. The third-order valence-electron chi connectivity index (χ3n) is 1.53. The highest BCUT2D eigenvalue weighted by atomic mass is 16.5. The number of ether oxygens (including phenoxy) is 1. The molecule has 0 amide bonds. The Hall–Kier alpha value is -2.00. The van der Waals surface area contributed by atoms with Crippen LogP contribution in [0.2, 0.25) is 0 Å². The third-order valence-corrected chi connectivity index (χ3v) is 1.53. The fraction of sp³-hybridized carbons (Fsp3) is 0.200. The molecule has 0 spiro atoms. The summed E-state index contributed by atoms with van der Waals surface area (Å²) in [6.45, 7) is 0.0163. The summed E-state index contributed by atoms with van der Waals surface area (Å²) in [5, 5.41) is 16.8. The standard InChI is InChI=1S/C10H8N2O/c11-6-5-9-3-1-2-4-10(9)13-8-7-12/h1-4H,5,8H2. The first-order valence-corrected chi connectivity index (χ1v) is 3.83. The summed E-state index contributed by atoms with van der Waals surface area (Å²) in [6.07, 6.45) is 0.307. The molecule has 0 atom stereocenters.